The molecule has 3 atom stereocenters. The Hall–Kier alpha value is -0.900. The number of carboxylic acids is 2. The van der Waals surface area contributed by atoms with Crippen LogP contribution in [0, 0.1) is 0 Å². The van der Waals surface area contributed by atoms with E-state index in [0.717, 1.165) is 0 Å². The van der Waals surface area contributed by atoms with Gasteiger partial charge in [0.2, 0.25) is 0 Å². The zero-order valence-corrected chi connectivity index (χ0v) is 10.7. The molecule has 100 valence electrons. The SMILES string of the molecule is NC=C[SH](C[C@@H](N)C(=O)O)SC[C@@H](N)C(=O)O. The van der Waals surface area contributed by atoms with Crippen molar-refractivity contribution >= 4 is 32.7 Å². The highest BCUT2D eigenvalue weighted by atomic mass is 33.1. The Kier molecular flexibility index (Phi) is 7.79. The molecule has 7 nitrogen and oxygen atoms in total. The van der Waals surface area contributed by atoms with E-state index in [4.69, 9.17) is 27.4 Å². The van der Waals surface area contributed by atoms with Crippen molar-refractivity contribution in [1.82, 2.24) is 0 Å². The number of nitrogens with two attached hydrogens (primary N) is 3. The summed E-state index contributed by atoms with van der Waals surface area (Å²) in [5.41, 5.74) is 16.0. The number of aliphatic carboxylic acids is 2. The van der Waals surface area contributed by atoms with Gasteiger partial charge in [0.05, 0.1) is 0 Å². The van der Waals surface area contributed by atoms with Crippen molar-refractivity contribution in [2.75, 3.05) is 11.5 Å². The Balaban J connectivity index is 4.25. The lowest BCUT2D eigenvalue weighted by atomic mass is 10.4. The summed E-state index contributed by atoms with van der Waals surface area (Å²) >= 11 is 0. The van der Waals surface area contributed by atoms with E-state index in [0.29, 0.717) is 0 Å². The van der Waals surface area contributed by atoms with Crippen LogP contribution in [0.5, 0.6) is 0 Å². The molecule has 1 unspecified atom stereocenters. The number of rotatable bonds is 8. The Labute approximate surface area is 105 Å². The van der Waals surface area contributed by atoms with Gasteiger partial charge >= 0.3 is 11.9 Å². The fourth-order valence-corrected chi connectivity index (χ4v) is 4.64. The second-order valence-electron chi connectivity index (χ2n) is 3.13. The molecule has 0 aliphatic heterocycles. The molecule has 0 fully saturated rings. The third-order valence-electron chi connectivity index (χ3n) is 1.68. The summed E-state index contributed by atoms with van der Waals surface area (Å²) in [6.07, 6.45) is 1.31. The molecule has 8 N–H and O–H groups in total. The van der Waals surface area contributed by atoms with Gasteiger partial charge in [-0.1, -0.05) is 0 Å². The maximum absolute atomic E-state index is 10.6. The summed E-state index contributed by atoms with van der Waals surface area (Å²) < 4.78 is 0. The molecule has 0 aliphatic rings. The Bertz CT molecular complexity index is 300. The van der Waals surface area contributed by atoms with Crippen molar-refractivity contribution in [1.29, 1.82) is 0 Å². The minimum absolute atomic E-state index is 0.192. The highest BCUT2D eigenvalue weighted by Gasteiger charge is 2.17. The van der Waals surface area contributed by atoms with Gasteiger partial charge in [-0.3, -0.25) is 9.59 Å². The van der Waals surface area contributed by atoms with E-state index in [1.165, 1.54) is 17.0 Å². The van der Waals surface area contributed by atoms with Gasteiger partial charge in [-0.25, -0.2) is 0 Å². The molecule has 0 bridgehead atoms. The topological polar surface area (TPSA) is 153 Å². The van der Waals surface area contributed by atoms with Crippen LogP contribution >= 0.6 is 20.7 Å². The monoisotopic (exact) mass is 283 g/mol. The van der Waals surface area contributed by atoms with Gasteiger partial charge in [-0.05, 0) is 11.6 Å². The highest BCUT2D eigenvalue weighted by Crippen LogP contribution is 2.42. The van der Waals surface area contributed by atoms with Gasteiger partial charge in [0.1, 0.15) is 12.1 Å². The first kappa shape index (κ1) is 16.1. The maximum atomic E-state index is 10.6. The van der Waals surface area contributed by atoms with Crippen LogP contribution in [0.4, 0.5) is 0 Å². The minimum atomic E-state index is -1.09. The van der Waals surface area contributed by atoms with Crippen LogP contribution in [-0.2, 0) is 9.59 Å². The second kappa shape index (κ2) is 8.23. The summed E-state index contributed by atoms with van der Waals surface area (Å²) in [4.78, 5) is 21.1. The molecule has 0 rings (SSSR count). The number of carbonyl (C=O) groups is 2. The van der Waals surface area contributed by atoms with Gasteiger partial charge in [0, 0.05) is 11.5 Å². The quantitative estimate of drug-likeness (QED) is 0.242. The van der Waals surface area contributed by atoms with Crippen LogP contribution in [0.1, 0.15) is 0 Å². The fraction of sp³-hybridized carbons (Fsp3) is 0.500. The van der Waals surface area contributed by atoms with Crippen LogP contribution in [0.2, 0.25) is 0 Å². The lowest BCUT2D eigenvalue weighted by molar-refractivity contribution is -0.138. The smallest absolute Gasteiger partial charge is 0.321 e. The van der Waals surface area contributed by atoms with E-state index in [2.05, 4.69) is 0 Å². The lowest BCUT2D eigenvalue weighted by Crippen LogP contribution is -2.34. The van der Waals surface area contributed by atoms with Gasteiger partial charge in [0.25, 0.3) is 0 Å². The van der Waals surface area contributed by atoms with E-state index >= 15 is 0 Å². The standard InChI is InChI=1S/C8H17N3O4S2/c9-1-2-17(4-6(11)8(14)15)16-3-5(10)7(12)13/h1-2,5-6,17H,3-4,9-11H2,(H,12,13)(H,14,15)/t5-,6-/m1/s1. The molecule has 0 saturated heterocycles. The van der Waals surface area contributed by atoms with E-state index in [1.54, 1.807) is 5.41 Å². The normalized spacial score (nSPS) is 17.6. The summed E-state index contributed by atoms with van der Waals surface area (Å²) in [7, 11) is 0.349. The summed E-state index contributed by atoms with van der Waals surface area (Å²) in [6, 6.07) is -1.96. The fourth-order valence-electron chi connectivity index (χ4n) is 0.772. The first-order chi connectivity index (χ1) is 7.88. The predicted molar refractivity (Wildman–Crippen MR) is 70.9 cm³/mol. The van der Waals surface area contributed by atoms with E-state index in [-0.39, 0.29) is 11.5 Å². The highest BCUT2D eigenvalue weighted by molar-refractivity contribution is 8.86. The molecule has 17 heavy (non-hydrogen) atoms. The van der Waals surface area contributed by atoms with Gasteiger partial charge in [0.15, 0.2) is 0 Å². The molecule has 0 aromatic carbocycles. The van der Waals surface area contributed by atoms with Crippen molar-refractivity contribution in [3.63, 3.8) is 0 Å². The van der Waals surface area contributed by atoms with Crippen molar-refractivity contribution in [3.05, 3.63) is 11.6 Å². The van der Waals surface area contributed by atoms with Crippen LogP contribution in [0.3, 0.4) is 0 Å². The Morgan fingerprint density at radius 1 is 1.24 bits per heavy atom. The molecule has 0 radical (unpaired) electrons. The third-order valence-corrected chi connectivity index (χ3v) is 6.04. The molecule has 0 aromatic heterocycles. The minimum Gasteiger partial charge on any atom is -0.480 e. The molecule has 0 aromatic rings. The Morgan fingerprint density at radius 3 is 2.18 bits per heavy atom. The van der Waals surface area contributed by atoms with Crippen LogP contribution < -0.4 is 17.2 Å². The molecule has 0 saturated carbocycles. The van der Waals surface area contributed by atoms with Crippen LogP contribution in [0.15, 0.2) is 11.6 Å². The molecule has 0 spiro atoms. The molecule has 9 heteroatoms. The predicted octanol–water partition coefficient (Wildman–Crippen LogP) is -1.11. The van der Waals surface area contributed by atoms with Gasteiger partial charge in [-0.2, -0.15) is 9.93 Å². The average Bonchev–Trinajstić information content (AvgIpc) is 2.25. The van der Waals surface area contributed by atoms with E-state index in [1.807, 2.05) is 0 Å². The van der Waals surface area contributed by atoms with Crippen LogP contribution in [-0.4, -0.2) is 45.7 Å². The summed E-state index contributed by atoms with van der Waals surface area (Å²) in [5, 5.41) is 18.9. The number of carboxylic acid groups (broad SMARTS) is 2. The number of thiol groups is 1. The van der Waals surface area contributed by atoms with Crippen molar-refractivity contribution in [3.8, 4) is 0 Å². The zero-order valence-electron chi connectivity index (χ0n) is 9.02. The van der Waals surface area contributed by atoms with Gasteiger partial charge in [-0.15, -0.1) is 10.8 Å². The average molecular weight is 283 g/mol. The Morgan fingerprint density at radius 2 is 1.76 bits per heavy atom. The lowest BCUT2D eigenvalue weighted by Gasteiger charge is -2.19. The zero-order chi connectivity index (χ0) is 13.4. The summed E-state index contributed by atoms with van der Waals surface area (Å²) in [6.45, 7) is 0. The first-order valence-electron chi connectivity index (χ1n) is 4.63. The maximum Gasteiger partial charge on any atom is 0.321 e. The second-order valence-corrected chi connectivity index (χ2v) is 7.40. The van der Waals surface area contributed by atoms with Crippen molar-refractivity contribution in [2.24, 2.45) is 17.2 Å². The van der Waals surface area contributed by atoms with E-state index in [9.17, 15) is 9.59 Å². The first-order valence-corrected chi connectivity index (χ1v) is 7.82. The molecular weight excluding hydrogens is 266 g/mol. The largest absolute Gasteiger partial charge is 0.480 e. The van der Waals surface area contributed by atoms with Gasteiger partial charge < -0.3 is 27.4 Å². The number of hydrogen-bond donors (Lipinski definition) is 6. The van der Waals surface area contributed by atoms with Crippen LogP contribution in [0.25, 0.3) is 0 Å². The molecular formula is C8H17N3O4S2. The molecule has 0 aliphatic carbocycles. The summed E-state index contributed by atoms with van der Waals surface area (Å²) in [5.74, 6) is -1.76. The van der Waals surface area contributed by atoms with E-state index < -0.39 is 33.9 Å². The molecule has 0 amide bonds. The van der Waals surface area contributed by atoms with Crippen molar-refractivity contribution in [2.45, 2.75) is 12.1 Å². The molecule has 0 heterocycles. The van der Waals surface area contributed by atoms with Crippen molar-refractivity contribution < 1.29 is 19.8 Å². The third kappa shape index (κ3) is 7.10. The number of hydrogen-bond acceptors (Lipinski definition) is 6.